The Morgan fingerprint density at radius 2 is 1.85 bits per heavy atom. The molecule has 0 aliphatic carbocycles. The number of hydrogen-bond acceptors (Lipinski definition) is 4. The van der Waals surface area contributed by atoms with E-state index in [0.717, 1.165) is 5.56 Å². The van der Waals surface area contributed by atoms with Crippen LogP contribution < -0.4 is 4.72 Å². The van der Waals surface area contributed by atoms with Crippen molar-refractivity contribution < 1.29 is 26.4 Å². The average Bonchev–Trinajstić information content (AvgIpc) is 2.58. The second kappa shape index (κ2) is 6.60. The van der Waals surface area contributed by atoms with E-state index < -0.39 is 15.5 Å². The van der Waals surface area contributed by atoms with Crippen LogP contribution >= 0.6 is 0 Å². The van der Waals surface area contributed by atoms with Crippen LogP contribution in [-0.2, 0) is 23.0 Å². The molecule has 0 atom stereocenters. The summed E-state index contributed by atoms with van der Waals surface area (Å²) in [5.74, 6) is -0.214. The molecule has 0 bridgehead atoms. The number of benzene rings is 1. The van der Waals surface area contributed by atoms with Crippen LogP contribution in [0.3, 0.4) is 0 Å². The third kappa shape index (κ3) is 3.64. The number of hydrogen-bond donors (Lipinski definition) is 1. The van der Waals surface area contributed by atoms with Gasteiger partial charge in [0.2, 0.25) is 0 Å². The number of aromatic nitrogens is 1. The summed E-state index contributed by atoms with van der Waals surface area (Å²) in [5, 5.41) is 0. The van der Waals surface area contributed by atoms with Gasteiger partial charge in [-0.1, -0.05) is 18.2 Å². The van der Waals surface area contributed by atoms with Crippen molar-refractivity contribution in [3.05, 3.63) is 59.4 Å². The first kappa shape index (κ1) is 18.2. The Morgan fingerprint density at radius 1 is 1.15 bits per heavy atom. The van der Waals surface area contributed by atoms with Crippen LogP contribution in [0.25, 0.3) is 0 Å². The van der Waals surface area contributed by atoms with Crippen LogP contribution in [0, 0.1) is 0 Å². The zero-order valence-corrected chi connectivity index (χ0v) is 14.1. The van der Waals surface area contributed by atoms with Crippen LogP contribution in [-0.4, -0.2) is 36.3 Å². The van der Waals surface area contributed by atoms with E-state index in [9.17, 15) is 26.4 Å². The lowest BCUT2D eigenvalue weighted by Crippen LogP contribution is -2.37. The molecule has 0 unspecified atom stereocenters. The Morgan fingerprint density at radius 3 is 2.50 bits per heavy atom. The highest BCUT2D eigenvalue weighted by atomic mass is 32.2. The molecule has 1 aromatic heterocycles. The zero-order chi connectivity index (χ0) is 18.9. The smallest absolute Gasteiger partial charge is 0.333 e. The van der Waals surface area contributed by atoms with Gasteiger partial charge in [-0.2, -0.15) is 21.6 Å². The normalized spacial score (nSPS) is 14.9. The number of nitrogens with one attached hydrogen (secondary N) is 1. The van der Waals surface area contributed by atoms with E-state index in [-0.39, 0.29) is 18.1 Å². The number of sulfonamides is 1. The lowest BCUT2D eigenvalue weighted by atomic mass is 10.0. The number of carbonyl (C=O) groups excluding carboxylic acids is 1. The van der Waals surface area contributed by atoms with Gasteiger partial charge in [0, 0.05) is 25.0 Å². The van der Waals surface area contributed by atoms with Gasteiger partial charge in [0.25, 0.3) is 5.91 Å². The minimum Gasteiger partial charge on any atom is -0.333 e. The first-order valence-electron chi connectivity index (χ1n) is 7.58. The molecule has 0 saturated heterocycles. The number of amides is 1. The molecule has 10 heteroatoms. The summed E-state index contributed by atoms with van der Waals surface area (Å²) in [5.41, 5.74) is -3.65. The second-order valence-electron chi connectivity index (χ2n) is 5.74. The Labute approximate surface area is 147 Å². The van der Waals surface area contributed by atoms with Gasteiger partial charge in [-0.15, -0.1) is 0 Å². The molecule has 0 saturated carbocycles. The number of alkyl halides is 3. The monoisotopic (exact) mass is 385 g/mol. The van der Waals surface area contributed by atoms with Crippen molar-refractivity contribution in [2.24, 2.45) is 0 Å². The first-order valence-corrected chi connectivity index (χ1v) is 9.07. The fraction of sp³-hybridized carbons (Fsp3) is 0.250. The first-order chi connectivity index (χ1) is 12.2. The van der Waals surface area contributed by atoms with Gasteiger partial charge in [-0.3, -0.25) is 14.5 Å². The molecule has 0 fully saturated rings. The molecule has 6 nitrogen and oxygen atoms in total. The molecule has 1 N–H and O–H groups in total. The molecule has 1 aromatic carbocycles. The molecular formula is C16H14F3N3O3S. The Bertz CT molecular complexity index is 928. The van der Waals surface area contributed by atoms with Crippen molar-refractivity contribution in [3.63, 3.8) is 0 Å². The van der Waals surface area contributed by atoms with E-state index >= 15 is 0 Å². The fourth-order valence-electron chi connectivity index (χ4n) is 2.60. The lowest BCUT2D eigenvalue weighted by Gasteiger charge is -2.27. The molecule has 1 amide bonds. The predicted octanol–water partition coefficient (Wildman–Crippen LogP) is 2.54. The number of pyridine rings is 1. The zero-order valence-electron chi connectivity index (χ0n) is 13.3. The van der Waals surface area contributed by atoms with Crippen LogP contribution in [0.5, 0.6) is 0 Å². The highest BCUT2D eigenvalue weighted by molar-refractivity contribution is 7.93. The van der Waals surface area contributed by atoms with Gasteiger partial charge in [-0.25, -0.2) is 0 Å². The van der Waals surface area contributed by atoms with Gasteiger partial charge < -0.3 is 4.90 Å². The molecule has 1 aliphatic heterocycles. The van der Waals surface area contributed by atoms with E-state index in [1.807, 2.05) is 6.07 Å². The van der Waals surface area contributed by atoms with Crippen molar-refractivity contribution >= 4 is 21.6 Å². The number of rotatable bonds is 4. The van der Waals surface area contributed by atoms with Gasteiger partial charge in [0.05, 0.1) is 0 Å². The van der Waals surface area contributed by atoms with E-state index in [2.05, 4.69) is 4.98 Å². The Balaban J connectivity index is 1.70. The summed E-state index contributed by atoms with van der Waals surface area (Å²) >= 11 is 0. The maximum Gasteiger partial charge on any atom is 0.516 e. The summed E-state index contributed by atoms with van der Waals surface area (Å²) in [6.45, 7) is 0.751. The maximum absolute atomic E-state index is 12.4. The largest absolute Gasteiger partial charge is 0.516 e. The number of fused-ring (bicyclic) bond motifs is 1. The van der Waals surface area contributed by atoms with Crippen LogP contribution in [0.2, 0.25) is 0 Å². The summed E-state index contributed by atoms with van der Waals surface area (Å²) in [4.78, 5) is 18.1. The molecule has 2 heterocycles. The number of anilines is 1. The average molecular weight is 385 g/mol. The van der Waals surface area contributed by atoms with Crippen molar-refractivity contribution in [3.8, 4) is 0 Å². The van der Waals surface area contributed by atoms with Crippen LogP contribution in [0.15, 0.2) is 42.6 Å². The third-order valence-electron chi connectivity index (χ3n) is 3.92. The number of halogens is 3. The lowest BCUT2D eigenvalue weighted by molar-refractivity contribution is -0.0429. The predicted molar refractivity (Wildman–Crippen MR) is 87.7 cm³/mol. The van der Waals surface area contributed by atoms with E-state index in [4.69, 9.17) is 0 Å². The topological polar surface area (TPSA) is 79.4 Å². The number of nitrogens with zero attached hydrogens (tertiary/aromatic N) is 2. The maximum atomic E-state index is 12.4. The Hall–Kier alpha value is -2.62. The summed E-state index contributed by atoms with van der Waals surface area (Å²) in [6, 6.07) is 8.99. The van der Waals surface area contributed by atoms with Crippen molar-refractivity contribution in [2.75, 3.05) is 11.3 Å². The molecule has 0 radical (unpaired) electrons. The quantitative estimate of drug-likeness (QED) is 0.877. The van der Waals surface area contributed by atoms with Gasteiger partial charge in [0.15, 0.2) is 0 Å². The SMILES string of the molecule is O=C1c2ncccc2CCN1Cc1ccc(NS(=O)(=O)C(F)(F)F)cc1. The van der Waals surface area contributed by atoms with Crippen molar-refractivity contribution in [1.82, 2.24) is 9.88 Å². The molecule has 1 aliphatic rings. The standard InChI is InChI=1S/C16H14F3N3O3S/c17-16(18,19)26(24,25)21-13-5-3-11(4-6-13)10-22-9-7-12-2-1-8-20-14(12)15(22)23/h1-6,8,21H,7,9-10H2. The number of carbonyl (C=O) groups is 1. The van der Waals surface area contributed by atoms with Gasteiger partial charge in [-0.05, 0) is 35.7 Å². The van der Waals surface area contributed by atoms with Crippen LogP contribution in [0.1, 0.15) is 21.6 Å². The molecule has 26 heavy (non-hydrogen) atoms. The second-order valence-corrected chi connectivity index (χ2v) is 7.41. The minimum atomic E-state index is -5.46. The van der Waals surface area contributed by atoms with E-state index in [0.29, 0.717) is 24.2 Å². The highest BCUT2D eigenvalue weighted by Gasteiger charge is 2.46. The summed E-state index contributed by atoms with van der Waals surface area (Å²) in [6.07, 6.45) is 2.21. The van der Waals surface area contributed by atoms with E-state index in [1.165, 1.54) is 29.0 Å². The summed E-state index contributed by atoms with van der Waals surface area (Å²) in [7, 11) is -5.46. The van der Waals surface area contributed by atoms with E-state index in [1.54, 1.807) is 17.2 Å². The molecular weight excluding hydrogens is 371 g/mol. The molecule has 3 rings (SSSR count). The van der Waals surface area contributed by atoms with Crippen molar-refractivity contribution in [1.29, 1.82) is 0 Å². The minimum absolute atomic E-state index is 0.206. The highest BCUT2D eigenvalue weighted by Crippen LogP contribution is 2.26. The van der Waals surface area contributed by atoms with Gasteiger partial charge >= 0.3 is 15.5 Å². The molecule has 138 valence electrons. The molecule has 2 aromatic rings. The molecule has 0 spiro atoms. The van der Waals surface area contributed by atoms with Crippen molar-refractivity contribution in [2.45, 2.75) is 18.5 Å². The third-order valence-corrected chi connectivity index (χ3v) is 5.03. The van der Waals surface area contributed by atoms with Crippen LogP contribution in [0.4, 0.5) is 18.9 Å². The Kier molecular flexibility index (Phi) is 4.61. The summed E-state index contributed by atoms with van der Waals surface area (Å²) < 4.78 is 60.8. The fourth-order valence-corrected chi connectivity index (χ4v) is 3.16. The van der Waals surface area contributed by atoms with Gasteiger partial charge in [0.1, 0.15) is 5.69 Å².